The van der Waals surface area contributed by atoms with Crippen molar-refractivity contribution in [3.8, 4) is 0 Å². The zero-order valence-corrected chi connectivity index (χ0v) is 75.1. The summed E-state index contributed by atoms with van der Waals surface area (Å²) in [5.41, 5.74) is 19.3. The lowest BCUT2D eigenvalue weighted by Crippen LogP contribution is -2.61. The third-order valence-electron chi connectivity index (χ3n) is 25.9. The highest BCUT2D eigenvalue weighted by atomic mass is 35.5. The number of nitrogens with zero attached hydrogens (tertiary/aromatic N) is 2. The van der Waals surface area contributed by atoms with Crippen molar-refractivity contribution in [3.05, 3.63) is 125 Å². The van der Waals surface area contributed by atoms with Crippen LogP contribution in [0.2, 0.25) is 5.02 Å². The number of nitrogens with one attached hydrogen (secondary N) is 14. The minimum Gasteiger partial charge on any atom is -0.458 e. The van der Waals surface area contributed by atoms with E-state index in [0.29, 0.717) is 53.2 Å². The molecule has 21 N–H and O–H groups in total. The van der Waals surface area contributed by atoms with Gasteiger partial charge in [-0.15, -0.1) is 0 Å². The molecule has 37 heteroatoms. The average molecular weight is 1810 g/mol. The summed E-state index contributed by atoms with van der Waals surface area (Å²) < 4.78 is 5.53. The van der Waals surface area contributed by atoms with E-state index in [4.69, 9.17) is 44.4 Å². The van der Waals surface area contributed by atoms with Crippen molar-refractivity contribution >= 4 is 123 Å². The third-order valence-corrected chi connectivity index (χ3v) is 26.2. The minimum atomic E-state index is -1.88. The lowest BCUT2D eigenvalue weighted by atomic mass is 9.46. The molecule has 9 rings (SSSR count). The van der Waals surface area contributed by atoms with Crippen LogP contribution in [-0.2, 0) is 95.9 Å². The van der Waals surface area contributed by atoms with Crippen molar-refractivity contribution in [2.24, 2.45) is 57.6 Å². The highest BCUT2D eigenvalue weighted by molar-refractivity contribution is 6.30. The van der Waals surface area contributed by atoms with Gasteiger partial charge >= 0.3 is 5.97 Å². The molecule has 5 aliphatic rings. The number of likely N-dealkylation sites (tertiary alicyclic amines) is 1. The Balaban J connectivity index is 0.907. The fourth-order valence-electron chi connectivity index (χ4n) is 19.1. The number of primary amides is 1. The molecule has 700 valence electrons. The number of aliphatic hydroxyl groups is 1. The number of rotatable bonds is 47. The number of guanidine groups is 2. The van der Waals surface area contributed by atoms with Crippen molar-refractivity contribution in [1.82, 2.24) is 73.7 Å². The van der Waals surface area contributed by atoms with E-state index in [0.717, 1.165) is 54.9 Å². The van der Waals surface area contributed by atoms with E-state index in [-0.39, 0.29) is 156 Å². The quantitative estimate of drug-likeness (QED) is 0.0131. The molecule has 3 saturated carbocycles. The number of amides is 12. The number of pyridine rings is 1. The molecule has 1 aromatic heterocycles. The second kappa shape index (κ2) is 47.9. The van der Waals surface area contributed by atoms with Crippen LogP contribution in [0.25, 0.3) is 10.8 Å². The van der Waals surface area contributed by atoms with Crippen LogP contribution in [0, 0.1) is 51.2 Å². The van der Waals surface area contributed by atoms with E-state index < -0.39 is 156 Å². The van der Waals surface area contributed by atoms with E-state index in [1.807, 2.05) is 48.5 Å². The molecule has 36 nitrogen and oxygen atoms in total. The van der Waals surface area contributed by atoms with Crippen molar-refractivity contribution in [1.29, 1.82) is 10.8 Å². The number of fused-ring (bicyclic) bond motifs is 6. The number of unbranched alkanes of at least 4 members (excludes halogenated alkanes) is 1. The molecule has 4 fully saturated rings. The Morgan fingerprint density at radius 1 is 0.581 bits per heavy atom. The Hall–Kier alpha value is -11.9. The number of nitrogens with two attached hydrogens (primary N) is 3. The summed E-state index contributed by atoms with van der Waals surface area (Å²) in [5.74, 6) is -10.7. The number of carbonyl (C=O) groups is 15. The van der Waals surface area contributed by atoms with Crippen molar-refractivity contribution in [2.75, 3.05) is 39.4 Å². The fourth-order valence-corrected chi connectivity index (χ4v) is 19.3. The van der Waals surface area contributed by atoms with Crippen LogP contribution < -0.4 is 81.0 Å². The first-order valence-electron chi connectivity index (χ1n) is 44.8. The lowest BCUT2D eigenvalue weighted by Gasteiger charge is -2.58. The summed E-state index contributed by atoms with van der Waals surface area (Å²) in [7, 11) is 0. The standard InChI is InChI=1S/C92H128ClN19O17/c1-52(2)44-70(82(122)107-69(23-14-42-102-90(97)98)88(128)112-43-15-24-75(112)87(127)103-53(3)79(94)119)108-81(121)67(21-9-10-40-100-77(117)33-34-78(118)129-51-76(116)66-32-31-64-63-30-27-59-48-61(115)35-37-91(59,5)65(63)36-38-92(64,66)6)105-80(120)68(22-13-41-101-89(95)96)106-86(126)74(50-113)111-84(124)72(46-56-16-12-39-99-49-56)110-83(123)71(45-55-25-28-60(93)29-26-55)109-85(125)73(104-54(4)114)47-58-19-11-18-57-17-7-8-20-62(57)58/h7-8,11-12,16-20,25-26,28-29,39,48-49,52-53,63-75,113H,9-10,13-15,21-24,27,30-38,40-47,50-51H2,1-6H3,(H2,94,119)(H,100,117)(H,103,127)(H,104,114)(H,105,120)(H,106,126)(H,107,122)(H,108,121)(H,109,125)(H,110,123)(H,111,124)(H4,95,96,101)(H4,97,98,102)/t53-,63?,64?,65?,66?,67-,68+,69+,70+,71-,72-,73-,74+,75+,91+,92+/m1/s1. The maximum Gasteiger partial charge on any atom is 0.306 e. The van der Waals surface area contributed by atoms with Gasteiger partial charge in [-0.3, -0.25) is 87.7 Å². The zero-order valence-electron chi connectivity index (χ0n) is 74.4. The Labute approximate surface area is 756 Å². The van der Waals surface area contributed by atoms with Crippen LogP contribution in [0.1, 0.15) is 187 Å². The number of ether oxygens (including phenoxy) is 1. The lowest BCUT2D eigenvalue weighted by molar-refractivity contribution is -0.151. The van der Waals surface area contributed by atoms with Crippen LogP contribution in [-0.4, -0.2) is 215 Å². The van der Waals surface area contributed by atoms with Crippen LogP contribution in [0.5, 0.6) is 0 Å². The molecule has 1 saturated heterocycles. The van der Waals surface area contributed by atoms with Gasteiger partial charge in [0.05, 0.1) is 13.0 Å². The van der Waals surface area contributed by atoms with Gasteiger partial charge in [-0.25, -0.2) is 0 Å². The predicted octanol–water partition coefficient (Wildman–Crippen LogP) is 2.69. The van der Waals surface area contributed by atoms with Gasteiger partial charge in [0.2, 0.25) is 70.9 Å². The van der Waals surface area contributed by atoms with Crippen molar-refractivity contribution < 1.29 is 81.8 Å². The molecule has 12 amide bonds. The smallest absolute Gasteiger partial charge is 0.306 e. The minimum absolute atomic E-state index is 0.00512. The highest BCUT2D eigenvalue weighted by Crippen LogP contribution is 2.67. The SMILES string of the molecule is CC(=O)N[C@H](Cc1cccc2ccccc12)C(=O)N[C@H](Cc1ccc(Cl)cc1)C(=O)N[C@H](Cc1cccnc1)C(=O)N[C@@H](CO)C(=O)N[C@@H](CCCNC(=N)N)C(=O)N[C@H](CCCCNC(=O)CCC(=O)OCC(=O)C1CCC2C3CCC4=CC(=O)CC[C@]4(C)C3CC[C@]12C)C(=O)N[C@@H](CC(C)C)C(=O)N[C@@H](CCCNC(=N)N)C(=O)N1CCC[C@H]1C(=O)N[C@H](C)C(N)=O. The van der Waals surface area contributed by atoms with Gasteiger partial charge in [0.15, 0.2) is 23.5 Å². The first kappa shape index (κ1) is 101. The van der Waals surface area contributed by atoms with Gasteiger partial charge in [-0.1, -0.05) is 106 Å². The number of ketones is 2. The Morgan fingerprint density at radius 2 is 1.16 bits per heavy atom. The Bertz CT molecular complexity index is 4740. The largest absolute Gasteiger partial charge is 0.458 e. The van der Waals surface area contributed by atoms with Crippen LogP contribution in [0.15, 0.2) is 103 Å². The molecule has 129 heavy (non-hydrogen) atoms. The Morgan fingerprint density at radius 3 is 1.78 bits per heavy atom. The predicted molar refractivity (Wildman–Crippen MR) is 481 cm³/mol. The Kier molecular flexibility index (Phi) is 37.4. The number of hydrogen-bond acceptors (Lipinski definition) is 20. The van der Waals surface area contributed by atoms with Crippen LogP contribution in [0.3, 0.4) is 0 Å². The van der Waals surface area contributed by atoms with Crippen molar-refractivity contribution in [2.45, 2.75) is 250 Å². The van der Waals surface area contributed by atoms with Gasteiger partial charge < -0.3 is 95.7 Å². The number of benzene rings is 3. The van der Waals surface area contributed by atoms with E-state index in [1.165, 1.54) is 36.7 Å². The number of hydrogen-bond donors (Lipinski definition) is 18. The van der Waals surface area contributed by atoms with Crippen LogP contribution in [0.4, 0.5) is 0 Å². The third kappa shape index (κ3) is 28.8. The summed E-state index contributed by atoms with van der Waals surface area (Å²) in [6.45, 7) is 9.29. The normalized spacial score (nSPS) is 21.2. The second-order valence-corrected chi connectivity index (χ2v) is 36.1. The number of esters is 1. The number of aliphatic hydroxyl groups excluding tert-OH is 1. The summed E-state index contributed by atoms with van der Waals surface area (Å²) in [4.78, 5) is 216. The monoisotopic (exact) mass is 1810 g/mol. The molecular weight excluding hydrogens is 1680 g/mol. The maximum absolute atomic E-state index is 15.2. The maximum atomic E-state index is 15.2. The summed E-state index contributed by atoms with van der Waals surface area (Å²) in [5, 5.41) is 60.8. The topological polar surface area (TPSA) is 572 Å². The van der Waals surface area contributed by atoms with Gasteiger partial charge in [0.1, 0.15) is 67.0 Å². The van der Waals surface area contributed by atoms with Gasteiger partial charge in [0, 0.05) is 88.5 Å². The van der Waals surface area contributed by atoms with Crippen LogP contribution >= 0.6 is 11.6 Å². The van der Waals surface area contributed by atoms with Crippen molar-refractivity contribution in [3.63, 3.8) is 0 Å². The molecule has 0 spiro atoms. The van der Waals surface area contributed by atoms with E-state index in [2.05, 4.69) is 82.6 Å². The second-order valence-electron chi connectivity index (χ2n) is 35.6. The van der Waals surface area contributed by atoms with E-state index in [1.54, 1.807) is 50.2 Å². The molecule has 2 heterocycles. The van der Waals surface area contributed by atoms with E-state index >= 15 is 9.59 Å². The van der Waals surface area contributed by atoms with Gasteiger partial charge in [-0.2, -0.15) is 0 Å². The molecular formula is C92H128ClN19O17. The first-order chi connectivity index (χ1) is 61.4. The molecule has 3 aromatic carbocycles. The van der Waals surface area contributed by atoms with Gasteiger partial charge in [0.25, 0.3) is 0 Å². The zero-order chi connectivity index (χ0) is 93.8. The molecule has 4 aliphatic carbocycles. The molecule has 16 atom stereocenters. The number of aromatic nitrogens is 1. The molecule has 4 aromatic rings. The van der Waals surface area contributed by atoms with Gasteiger partial charge in [-0.05, 0) is 202 Å². The number of allylic oxidation sites excluding steroid dienone is 1. The van der Waals surface area contributed by atoms with E-state index in [9.17, 15) is 67.4 Å². The average Bonchev–Trinajstić information content (AvgIpc) is 1.64. The molecule has 4 unspecified atom stereocenters. The summed E-state index contributed by atoms with van der Waals surface area (Å²) in [6, 6.07) is 8.40. The first-order valence-corrected chi connectivity index (χ1v) is 45.2. The summed E-state index contributed by atoms with van der Waals surface area (Å²) in [6.07, 6.45) is 10.7. The summed E-state index contributed by atoms with van der Waals surface area (Å²) >= 11 is 6.27. The molecule has 0 bridgehead atoms. The highest BCUT2D eigenvalue weighted by Gasteiger charge is 2.60. The fraction of sp³-hybridized carbons (Fsp3) is 0.565. The molecule has 1 aliphatic heterocycles. The molecule has 0 radical (unpaired) electrons. The number of carbonyl (C=O) groups excluding carboxylic acids is 15. The number of halogens is 1. The number of Topliss-reactive ketones (excluding diaryl/α,β-unsaturated/α-hetero) is 1.